The molecule has 0 atom stereocenters. The van der Waals surface area contributed by atoms with E-state index in [1.165, 1.54) is 0 Å². The van der Waals surface area contributed by atoms with Crippen molar-refractivity contribution in [1.82, 2.24) is 10.3 Å². The molecule has 28 heavy (non-hydrogen) atoms. The van der Waals surface area contributed by atoms with Crippen molar-refractivity contribution in [3.05, 3.63) is 88.7 Å². The molecule has 0 radical (unpaired) electrons. The Morgan fingerprint density at radius 1 is 0.964 bits per heavy atom. The lowest BCUT2D eigenvalue weighted by Crippen LogP contribution is -2.25. The molecule has 0 spiro atoms. The predicted molar refractivity (Wildman–Crippen MR) is 108 cm³/mol. The van der Waals surface area contributed by atoms with E-state index in [9.17, 15) is 9.59 Å². The van der Waals surface area contributed by atoms with Crippen LogP contribution in [0.5, 0.6) is 5.75 Å². The SMILES string of the molecule is COc1cccc(NC(=O)c2cccc(C(=O)NCc3ccccc3Cl)n2)c1. The first kappa shape index (κ1) is 19.4. The molecule has 142 valence electrons. The average Bonchev–Trinajstić information content (AvgIpc) is 2.73. The number of halogens is 1. The topological polar surface area (TPSA) is 80.3 Å². The van der Waals surface area contributed by atoms with Crippen molar-refractivity contribution in [3.8, 4) is 5.75 Å². The molecule has 0 bridgehead atoms. The smallest absolute Gasteiger partial charge is 0.274 e. The van der Waals surface area contributed by atoms with Crippen LogP contribution in [0.4, 0.5) is 5.69 Å². The van der Waals surface area contributed by atoms with Crippen LogP contribution in [0.15, 0.2) is 66.7 Å². The van der Waals surface area contributed by atoms with Gasteiger partial charge in [-0.15, -0.1) is 0 Å². The summed E-state index contributed by atoms with van der Waals surface area (Å²) in [6.45, 7) is 0.264. The van der Waals surface area contributed by atoms with Crippen LogP contribution in [0.1, 0.15) is 26.5 Å². The molecule has 1 heterocycles. The molecule has 0 fully saturated rings. The molecule has 6 nitrogen and oxygen atoms in total. The summed E-state index contributed by atoms with van der Waals surface area (Å²) in [6.07, 6.45) is 0. The van der Waals surface area contributed by atoms with E-state index in [0.29, 0.717) is 16.5 Å². The maximum atomic E-state index is 12.4. The molecule has 1 aromatic heterocycles. The Labute approximate surface area is 167 Å². The van der Waals surface area contributed by atoms with Gasteiger partial charge in [0.15, 0.2) is 0 Å². The second-order valence-electron chi connectivity index (χ2n) is 5.87. The Bertz CT molecular complexity index is 1010. The number of pyridine rings is 1. The van der Waals surface area contributed by atoms with Gasteiger partial charge in [-0.3, -0.25) is 9.59 Å². The molecule has 2 amide bonds. The van der Waals surface area contributed by atoms with Crippen molar-refractivity contribution >= 4 is 29.1 Å². The summed E-state index contributed by atoms with van der Waals surface area (Å²) < 4.78 is 5.14. The number of methoxy groups -OCH3 is 1. The minimum atomic E-state index is -0.422. The van der Waals surface area contributed by atoms with Crippen molar-refractivity contribution in [2.75, 3.05) is 12.4 Å². The number of hydrogen-bond donors (Lipinski definition) is 2. The number of anilines is 1. The highest BCUT2D eigenvalue weighted by Crippen LogP contribution is 2.17. The molecule has 3 aromatic rings. The first-order valence-corrected chi connectivity index (χ1v) is 8.88. The van der Waals surface area contributed by atoms with E-state index in [-0.39, 0.29) is 17.9 Å². The Balaban J connectivity index is 1.68. The molecule has 2 aromatic carbocycles. The predicted octanol–water partition coefficient (Wildman–Crippen LogP) is 3.93. The molecular formula is C21H18ClN3O3. The lowest BCUT2D eigenvalue weighted by atomic mass is 10.2. The van der Waals surface area contributed by atoms with Gasteiger partial charge in [0, 0.05) is 23.3 Å². The zero-order valence-electron chi connectivity index (χ0n) is 15.1. The van der Waals surface area contributed by atoms with E-state index in [0.717, 1.165) is 5.56 Å². The van der Waals surface area contributed by atoms with Gasteiger partial charge in [-0.2, -0.15) is 0 Å². The summed E-state index contributed by atoms with van der Waals surface area (Å²) in [5.74, 6) is -0.191. The van der Waals surface area contributed by atoms with Crippen LogP contribution in [0, 0.1) is 0 Å². The second-order valence-corrected chi connectivity index (χ2v) is 6.28. The largest absolute Gasteiger partial charge is 0.497 e. The minimum absolute atomic E-state index is 0.133. The summed E-state index contributed by atoms with van der Waals surface area (Å²) in [5.41, 5.74) is 1.64. The molecule has 0 saturated heterocycles. The third-order valence-electron chi connectivity index (χ3n) is 3.94. The van der Waals surface area contributed by atoms with Crippen molar-refractivity contribution in [1.29, 1.82) is 0 Å². The molecule has 0 saturated carbocycles. The van der Waals surface area contributed by atoms with Crippen LogP contribution in [0.25, 0.3) is 0 Å². The Morgan fingerprint density at radius 3 is 2.43 bits per heavy atom. The lowest BCUT2D eigenvalue weighted by molar-refractivity contribution is 0.0945. The summed E-state index contributed by atoms with van der Waals surface area (Å²) in [4.78, 5) is 29.0. The van der Waals surface area contributed by atoms with Gasteiger partial charge in [-0.1, -0.05) is 41.9 Å². The van der Waals surface area contributed by atoms with E-state index < -0.39 is 11.8 Å². The quantitative estimate of drug-likeness (QED) is 0.662. The number of amides is 2. The van der Waals surface area contributed by atoms with Gasteiger partial charge < -0.3 is 15.4 Å². The highest BCUT2D eigenvalue weighted by atomic mass is 35.5. The molecule has 0 aliphatic rings. The molecule has 0 unspecified atom stereocenters. The van der Waals surface area contributed by atoms with Gasteiger partial charge >= 0.3 is 0 Å². The van der Waals surface area contributed by atoms with E-state index in [1.54, 1.807) is 55.6 Å². The zero-order valence-corrected chi connectivity index (χ0v) is 15.9. The standard InChI is InChI=1S/C21H18ClN3O3/c1-28-16-8-4-7-15(12-16)24-21(27)19-11-5-10-18(25-19)20(26)23-13-14-6-2-3-9-17(14)22/h2-12H,13H2,1H3,(H,23,26)(H,24,27). The van der Waals surface area contributed by atoms with E-state index in [1.807, 2.05) is 18.2 Å². The first-order valence-electron chi connectivity index (χ1n) is 8.51. The second kappa shape index (κ2) is 9.01. The molecule has 7 heteroatoms. The number of nitrogens with one attached hydrogen (secondary N) is 2. The van der Waals surface area contributed by atoms with Crippen LogP contribution in [0.3, 0.4) is 0 Å². The maximum Gasteiger partial charge on any atom is 0.274 e. The van der Waals surface area contributed by atoms with Crippen LogP contribution in [-0.2, 0) is 6.54 Å². The Hall–Kier alpha value is -3.38. The van der Waals surface area contributed by atoms with Crippen LogP contribution in [0.2, 0.25) is 5.02 Å². The monoisotopic (exact) mass is 395 g/mol. The molecule has 0 aliphatic carbocycles. The third kappa shape index (κ3) is 4.86. The average molecular weight is 396 g/mol. The van der Waals surface area contributed by atoms with Crippen molar-refractivity contribution < 1.29 is 14.3 Å². The van der Waals surface area contributed by atoms with Gasteiger partial charge in [0.05, 0.1) is 7.11 Å². The lowest BCUT2D eigenvalue weighted by Gasteiger charge is -2.09. The number of carbonyl (C=O) groups excluding carboxylic acids is 2. The number of benzene rings is 2. The number of hydrogen-bond acceptors (Lipinski definition) is 4. The maximum absolute atomic E-state index is 12.4. The summed E-state index contributed by atoms with van der Waals surface area (Å²) in [6, 6.07) is 18.9. The van der Waals surface area contributed by atoms with Gasteiger partial charge in [0.2, 0.25) is 0 Å². The molecule has 0 aliphatic heterocycles. The van der Waals surface area contributed by atoms with Crippen LogP contribution < -0.4 is 15.4 Å². The summed E-state index contributed by atoms with van der Waals surface area (Å²) >= 11 is 6.09. The number of carbonyl (C=O) groups is 2. The van der Waals surface area contributed by atoms with Crippen molar-refractivity contribution in [2.45, 2.75) is 6.54 Å². The van der Waals surface area contributed by atoms with Gasteiger partial charge in [-0.05, 0) is 35.9 Å². The fraction of sp³-hybridized carbons (Fsp3) is 0.0952. The Morgan fingerprint density at radius 2 is 1.68 bits per heavy atom. The first-order chi connectivity index (χ1) is 13.6. The molecule has 3 rings (SSSR count). The summed E-state index contributed by atoms with van der Waals surface area (Å²) in [7, 11) is 1.55. The number of aromatic nitrogens is 1. The highest BCUT2D eigenvalue weighted by molar-refractivity contribution is 6.31. The summed E-state index contributed by atoms with van der Waals surface area (Å²) in [5, 5.41) is 6.06. The van der Waals surface area contributed by atoms with Crippen LogP contribution in [-0.4, -0.2) is 23.9 Å². The molecule has 2 N–H and O–H groups in total. The van der Waals surface area contributed by atoms with Gasteiger partial charge in [0.25, 0.3) is 11.8 Å². The van der Waals surface area contributed by atoms with Crippen molar-refractivity contribution in [3.63, 3.8) is 0 Å². The number of nitrogens with zero attached hydrogens (tertiary/aromatic N) is 1. The van der Waals surface area contributed by atoms with Gasteiger partial charge in [-0.25, -0.2) is 4.98 Å². The zero-order chi connectivity index (χ0) is 19.9. The fourth-order valence-corrected chi connectivity index (χ4v) is 2.69. The Kier molecular flexibility index (Phi) is 6.24. The van der Waals surface area contributed by atoms with Crippen molar-refractivity contribution in [2.24, 2.45) is 0 Å². The number of ether oxygens (including phenoxy) is 1. The fourth-order valence-electron chi connectivity index (χ4n) is 2.49. The van der Waals surface area contributed by atoms with E-state index in [4.69, 9.17) is 16.3 Å². The highest BCUT2D eigenvalue weighted by Gasteiger charge is 2.13. The van der Waals surface area contributed by atoms with Gasteiger partial charge in [0.1, 0.15) is 17.1 Å². The third-order valence-corrected chi connectivity index (χ3v) is 4.31. The molecular weight excluding hydrogens is 378 g/mol. The van der Waals surface area contributed by atoms with E-state index >= 15 is 0 Å². The normalized spacial score (nSPS) is 10.2. The minimum Gasteiger partial charge on any atom is -0.497 e. The van der Waals surface area contributed by atoms with Crippen LogP contribution >= 0.6 is 11.6 Å². The number of rotatable bonds is 6. The van der Waals surface area contributed by atoms with E-state index in [2.05, 4.69) is 15.6 Å².